The van der Waals surface area contributed by atoms with Gasteiger partial charge < -0.3 is 4.98 Å². The van der Waals surface area contributed by atoms with E-state index in [1.165, 1.54) is 38.4 Å². The monoisotopic (exact) mass is 313 g/mol. The highest BCUT2D eigenvalue weighted by atomic mass is 14.7. The predicted octanol–water partition coefficient (Wildman–Crippen LogP) is 6.90. The van der Waals surface area contributed by atoms with Crippen LogP contribution in [-0.2, 0) is 0 Å². The van der Waals surface area contributed by atoms with Crippen molar-refractivity contribution in [2.45, 2.75) is 20.8 Å². The SMILES string of the molecule is C=Cc1[nH]c2cc3c(C)c(C=C)c(/C=C\C)c(C)c3cc2c1C=C. The van der Waals surface area contributed by atoms with E-state index < -0.39 is 0 Å². The summed E-state index contributed by atoms with van der Waals surface area (Å²) < 4.78 is 0. The highest BCUT2D eigenvalue weighted by Crippen LogP contribution is 2.36. The van der Waals surface area contributed by atoms with E-state index in [0.29, 0.717) is 0 Å². The fraction of sp³-hybridized carbons (Fsp3) is 0.130. The predicted molar refractivity (Wildman–Crippen MR) is 110 cm³/mol. The van der Waals surface area contributed by atoms with Gasteiger partial charge in [0, 0.05) is 22.2 Å². The summed E-state index contributed by atoms with van der Waals surface area (Å²) in [5.74, 6) is 0. The minimum Gasteiger partial charge on any atom is -0.355 e. The summed E-state index contributed by atoms with van der Waals surface area (Å²) in [6, 6.07) is 4.51. The molecule has 0 bridgehead atoms. The van der Waals surface area contributed by atoms with Crippen molar-refractivity contribution in [3.05, 3.63) is 71.5 Å². The van der Waals surface area contributed by atoms with Crippen LogP contribution in [0, 0.1) is 13.8 Å². The molecule has 0 amide bonds. The molecule has 0 saturated carbocycles. The molecule has 0 saturated heterocycles. The number of aromatic amines is 1. The van der Waals surface area contributed by atoms with Gasteiger partial charge in [-0.1, -0.05) is 44.0 Å². The first kappa shape index (κ1) is 16.1. The number of rotatable bonds is 4. The average molecular weight is 313 g/mol. The van der Waals surface area contributed by atoms with Crippen molar-refractivity contribution in [2.75, 3.05) is 0 Å². The Morgan fingerprint density at radius 1 is 0.792 bits per heavy atom. The van der Waals surface area contributed by atoms with Gasteiger partial charge in [0.15, 0.2) is 0 Å². The van der Waals surface area contributed by atoms with Crippen LogP contribution in [-0.4, -0.2) is 4.98 Å². The quantitative estimate of drug-likeness (QED) is 0.539. The van der Waals surface area contributed by atoms with Crippen LogP contribution in [0.3, 0.4) is 0 Å². The molecule has 1 heterocycles. The van der Waals surface area contributed by atoms with E-state index in [2.05, 4.69) is 62.9 Å². The lowest BCUT2D eigenvalue weighted by Crippen LogP contribution is -1.94. The number of fused-ring (bicyclic) bond motifs is 2. The Kier molecular flexibility index (Phi) is 4.02. The van der Waals surface area contributed by atoms with Crippen molar-refractivity contribution >= 4 is 46.0 Å². The highest BCUT2D eigenvalue weighted by Gasteiger charge is 2.14. The summed E-state index contributed by atoms with van der Waals surface area (Å²) in [6.07, 6.45) is 9.96. The van der Waals surface area contributed by atoms with Gasteiger partial charge in [-0.3, -0.25) is 0 Å². The van der Waals surface area contributed by atoms with Gasteiger partial charge in [-0.25, -0.2) is 0 Å². The van der Waals surface area contributed by atoms with Crippen LogP contribution in [0.15, 0.2) is 37.9 Å². The number of H-pyrrole nitrogens is 1. The lowest BCUT2D eigenvalue weighted by Gasteiger charge is -2.15. The van der Waals surface area contributed by atoms with Gasteiger partial charge in [0.25, 0.3) is 0 Å². The molecule has 1 nitrogen and oxygen atoms in total. The molecule has 0 radical (unpaired) electrons. The van der Waals surface area contributed by atoms with Crippen molar-refractivity contribution in [2.24, 2.45) is 0 Å². The Morgan fingerprint density at radius 3 is 2.00 bits per heavy atom. The lowest BCUT2D eigenvalue weighted by atomic mass is 9.89. The largest absolute Gasteiger partial charge is 0.355 e. The Hall–Kier alpha value is -2.80. The van der Waals surface area contributed by atoms with Gasteiger partial charge in [-0.2, -0.15) is 0 Å². The van der Waals surface area contributed by atoms with E-state index in [1.54, 1.807) is 0 Å². The van der Waals surface area contributed by atoms with E-state index >= 15 is 0 Å². The normalized spacial score (nSPS) is 11.5. The third-order valence-electron chi connectivity index (χ3n) is 4.86. The molecule has 0 aliphatic rings. The number of aryl methyl sites for hydroxylation is 2. The second-order valence-electron chi connectivity index (χ2n) is 6.09. The summed E-state index contributed by atoms with van der Waals surface area (Å²) in [5.41, 5.74) is 8.23. The van der Waals surface area contributed by atoms with Gasteiger partial charge in [-0.05, 0) is 72.0 Å². The van der Waals surface area contributed by atoms with Crippen LogP contribution >= 0.6 is 0 Å². The van der Waals surface area contributed by atoms with Crippen LogP contribution in [0.25, 0.3) is 46.0 Å². The summed E-state index contributed by atoms with van der Waals surface area (Å²) >= 11 is 0. The third-order valence-corrected chi connectivity index (χ3v) is 4.86. The molecular formula is C23H23N. The second-order valence-corrected chi connectivity index (χ2v) is 6.09. The molecule has 3 rings (SSSR count). The maximum Gasteiger partial charge on any atom is 0.0471 e. The first-order valence-electron chi connectivity index (χ1n) is 8.19. The van der Waals surface area contributed by atoms with Crippen LogP contribution in [0.5, 0.6) is 0 Å². The van der Waals surface area contributed by atoms with Crippen molar-refractivity contribution < 1.29 is 0 Å². The number of hydrogen-bond donors (Lipinski definition) is 1. The molecule has 3 aromatic rings. The van der Waals surface area contributed by atoms with Crippen molar-refractivity contribution in [1.82, 2.24) is 4.98 Å². The van der Waals surface area contributed by atoms with Gasteiger partial charge in [0.05, 0.1) is 0 Å². The molecule has 1 aromatic heterocycles. The molecule has 0 aliphatic heterocycles. The zero-order chi connectivity index (χ0) is 17.4. The van der Waals surface area contributed by atoms with Crippen molar-refractivity contribution in [3.8, 4) is 0 Å². The maximum atomic E-state index is 4.02. The highest BCUT2D eigenvalue weighted by molar-refractivity contribution is 6.06. The molecule has 2 aromatic carbocycles. The second kappa shape index (κ2) is 6.01. The van der Waals surface area contributed by atoms with E-state index in [4.69, 9.17) is 0 Å². The topological polar surface area (TPSA) is 15.8 Å². The first-order chi connectivity index (χ1) is 11.6. The smallest absolute Gasteiger partial charge is 0.0471 e. The maximum absolute atomic E-state index is 4.02. The Labute approximate surface area is 143 Å². The molecule has 24 heavy (non-hydrogen) atoms. The Bertz CT molecular complexity index is 1030. The van der Waals surface area contributed by atoms with E-state index in [9.17, 15) is 0 Å². The minimum absolute atomic E-state index is 1.02. The van der Waals surface area contributed by atoms with E-state index in [-0.39, 0.29) is 0 Å². The molecule has 1 heteroatoms. The summed E-state index contributed by atoms with van der Waals surface area (Å²) in [5, 5.41) is 3.72. The summed E-state index contributed by atoms with van der Waals surface area (Å²) in [4.78, 5) is 3.45. The number of hydrogen-bond acceptors (Lipinski definition) is 0. The molecule has 0 spiro atoms. The van der Waals surface area contributed by atoms with Crippen molar-refractivity contribution in [1.29, 1.82) is 0 Å². The zero-order valence-electron chi connectivity index (χ0n) is 14.7. The lowest BCUT2D eigenvalue weighted by molar-refractivity contribution is 1.40. The number of aromatic nitrogens is 1. The van der Waals surface area contributed by atoms with Gasteiger partial charge in [-0.15, -0.1) is 0 Å². The first-order valence-corrected chi connectivity index (χ1v) is 8.19. The molecule has 1 N–H and O–H groups in total. The number of nitrogens with one attached hydrogen (secondary N) is 1. The molecular weight excluding hydrogens is 290 g/mol. The van der Waals surface area contributed by atoms with Gasteiger partial charge >= 0.3 is 0 Å². The minimum atomic E-state index is 1.02. The summed E-state index contributed by atoms with van der Waals surface area (Å²) in [6.45, 7) is 18.3. The van der Waals surface area contributed by atoms with Crippen LogP contribution in [0.2, 0.25) is 0 Å². The fourth-order valence-corrected chi connectivity index (χ4v) is 3.62. The number of benzene rings is 2. The standard InChI is InChI=1S/C23H23N/c1-7-11-18-15(6)19-12-21-17(9-3)22(10-4)24-23(21)13-20(19)14(5)16(18)8-2/h7-13,24H,2-4H2,1,5-6H3/b11-7-. The molecule has 0 aliphatic carbocycles. The van der Waals surface area contributed by atoms with Gasteiger partial charge in [0.1, 0.15) is 0 Å². The van der Waals surface area contributed by atoms with Crippen LogP contribution in [0.1, 0.15) is 40.4 Å². The Morgan fingerprint density at radius 2 is 1.42 bits per heavy atom. The molecule has 0 fully saturated rings. The molecule has 120 valence electrons. The molecule has 0 unspecified atom stereocenters. The molecule has 0 atom stereocenters. The average Bonchev–Trinajstić information content (AvgIpc) is 2.95. The summed E-state index contributed by atoms with van der Waals surface area (Å²) in [7, 11) is 0. The van der Waals surface area contributed by atoms with Crippen molar-refractivity contribution in [3.63, 3.8) is 0 Å². The fourth-order valence-electron chi connectivity index (χ4n) is 3.62. The number of allylic oxidation sites excluding steroid dienone is 1. The zero-order valence-corrected chi connectivity index (χ0v) is 14.7. The van der Waals surface area contributed by atoms with E-state index in [1.807, 2.05) is 25.2 Å². The third kappa shape index (κ3) is 2.16. The van der Waals surface area contributed by atoms with Gasteiger partial charge in [0.2, 0.25) is 0 Å². The Balaban J connectivity index is 2.55. The van der Waals surface area contributed by atoms with E-state index in [0.717, 1.165) is 16.8 Å². The van der Waals surface area contributed by atoms with Crippen LogP contribution in [0.4, 0.5) is 0 Å². The van der Waals surface area contributed by atoms with Crippen LogP contribution < -0.4 is 0 Å².